The van der Waals surface area contributed by atoms with Crippen LogP contribution in [0.1, 0.15) is 25.7 Å². The lowest BCUT2D eigenvalue weighted by Crippen LogP contribution is -2.53. The highest BCUT2D eigenvalue weighted by Crippen LogP contribution is 2.01. The number of aliphatic imine (C=N–C) groups is 2. The Balaban J connectivity index is 5.24. The number of carbonyl (C=O) groups excluding carboxylic acids is 6. The van der Waals surface area contributed by atoms with Gasteiger partial charge in [-0.1, -0.05) is 0 Å². The van der Waals surface area contributed by atoms with Crippen LogP contribution in [-0.4, -0.2) is 116 Å². The Morgan fingerprint density at radius 2 is 0.977 bits per heavy atom. The number of rotatable bonds is 21. The average molecular weight is 616 g/mol. The molecule has 0 rings (SSSR count). The smallest absolute Gasteiger partial charge is 0.322 e. The minimum atomic E-state index is -1.28. The van der Waals surface area contributed by atoms with Crippen molar-refractivity contribution in [3.63, 3.8) is 0 Å². The molecule has 0 unspecified atom stereocenters. The minimum absolute atomic E-state index is 0.0387. The highest BCUT2D eigenvalue weighted by molar-refractivity contribution is 5.94. The predicted molar refractivity (Wildman–Crippen MR) is 152 cm³/mol. The molecule has 6 amide bonds. The van der Waals surface area contributed by atoms with Crippen molar-refractivity contribution in [1.82, 2.24) is 31.9 Å². The number of carbonyl (C=O) groups is 7. The zero-order valence-electron chi connectivity index (χ0n) is 23.5. The van der Waals surface area contributed by atoms with Crippen LogP contribution < -0.4 is 60.6 Å². The first-order valence-electron chi connectivity index (χ1n) is 12.9. The van der Waals surface area contributed by atoms with E-state index in [1.165, 1.54) is 0 Å². The summed E-state index contributed by atoms with van der Waals surface area (Å²) in [7, 11) is 0. The van der Waals surface area contributed by atoms with Crippen LogP contribution in [0, 0.1) is 0 Å². The van der Waals surface area contributed by atoms with E-state index in [2.05, 4.69) is 41.9 Å². The topological polar surface area (TPSA) is 367 Å². The molecule has 21 nitrogen and oxygen atoms in total. The van der Waals surface area contributed by atoms with Gasteiger partial charge in [-0.2, -0.15) is 0 Å². The van der Waals surface area contributed by atoms with Gasteiger partial charge in [0, 0.05) is 13.1 Å². The fraction of sp³-hybridized carbons (Fsp3) is 0.591. The second-order valence-electron chi connectivity index (χ2n) is 8.72. The fourth-order valence-corrected chi connectivity index (χ4v) is 3.10. The minimum Gasteiger partial charge on any atom is -0.480 e. The third kappa shape index (κ3) is 20.3. The van der Waals surface area contributed by atoms with Gasteiger partial charge in [-0.05, 0) is 25.7 Å². The predicted octanol–water partition coefficient (Wildman–Crippen LogP) is -7.43. The van der Waals surface area contributed by atoms with Gasteiger partial charge in [0.1, 0.15) is 18.6 Å². The van der Waals surface area contributed by atoms with E-state index in [0.717, 1.165) is 0 Å². The monoisotopic (exact) mass is 615 g/mol. The van der Waals surface area contributed by atoms with Crippen molar-refractivity contribution in [2.45, 2.75) is 37.8 Å². The summed E-state index contributed by atoms with van der Waals surface area (Å²) in [6, 6.07) is -2.31. The molecule has 0 aromatic carbocycles. The first-order chi connectivity index (χ1) is 20.2. The third-order valence-corrected chi connectivity index (χ3v) is 5.11. The lowest BCUT2D eigenvalue weighted by Gasteiger charge is -2.20. The van der Waals surface area contributed by atoms with Crippen LogP contribution in [0.2, 0.25) is 0 Å². The molecule has 0 radical (unpaired) electrons. The number of nitrogens with one attached hydrogen (secondary N) is 6. The Kier molecular flexibility index (Phi) is 18.9. The Labute approximate surface area is 246 Å². The van der Waals surface area contributed by atoms with Crippen LogP contribution in [0.15, 0.2) is 9.98 Å². The normalized spacial score (nSPS) is 11.5. The summed E-state index contributed by atoms with van der Waals surface area (Å²) in [6.07, 6.45) is 0.631. The molecule has 21 heteroatoms. The molecule has 0 heterocycles. The standard InChI is InChI=1S/C22H41N13O8/c23-7-14(36)30-9-16(38)34-13(4-2-6-29-22(26)27)20(43)33-10-17(39)35-12(3-1-5-28-21(24)25)19(42)32-8-15(37)31-11-18(40)41/h12-13H,1-11,23H2,(H,30,36)(H,31,37)(H,32,42)(H,33,43)(H,34,38)(H,35,39)(H,40,41)(H4,24,25,28)(H4,26,27,29)/t12-,13-/m0/s1. The lowest BCUT2D eigenvalue weighted by molar-refractivity contribution is -0.138. The zero-order chi connectivity index (χ0) is 32.8. The molecule has 43 heavy (non-hydrogen) atoms. The molecule has 2 atom stereocenters. The molecule has 0 aliphatic rings. The summed E-state index contributed by atoms with van der Waals surface area (Å²) in [5.41, 5.74) is 26.3. The Morgan fingerprint density at radius 3 is 1.37 bits per heavy atom. The van der Waals surface area contributed by atoms with E-state index in [1.54, 1.807) is 0 Å². The van der Waals surface area contributed by atoms with Crippen molar-refractivity contribution in [1.29, 1.82) is 0 Å². The van der Waals surface area contributed by atoms with Gasteiger partial charge in [0.2, 0.25) is 35.4 Å². The molecule has 0 saturated heterocycles. The molecule has 242 valence electrons. The maximum atomic E-state index is 12.8. The molecule has 0 fully saturated rings. The van der Waals surface area contributed by atoms with Crippen molar-refractivity contribution in [2.75, 3.05) is 45.8 Å². The second-order valence-corrected chi connectivity index (χ2v) is 8.72. The Morgan fingerprint density at radius 1 is 0.581 bits per heavy atom. The van der Waals surface area contributed by atoms with E-state index in [4.69, 9.17) is 33.8 Å². The molecule has 0 bridgehead atoms. The number of amides is 6. The fourth-order valence-electron chi connectivity index (χ4n) is 3.10. The van der Waals surface area contributed by atoms with E-state index in [-0.39, 0.29) is 57.2 Å². The van der Waals surface area contributed by atoms with Crippen LogP contribution in [0.25, 0.3) is 0 Å². The summed E-state index contributed by atoms with van der Waals surface area (Å²) in [5.74, 6) is -5.97. The van der Waals surface area contributed by atoms with Gasteiger partial charge >= 0.3 is 5.97 Å². The van der Waals surface area contributed by atoms with Crippen molar-refractivity contribution in [3.05, 3.63) is 0 Å². The van der Waals surface area contributed by atoms with Gasteiger partial charge in [-0.15, -0.1) is 0 Å². The van der Waals surface area contributed by atoms with Gasteiger partial charge in [0.05, 0.1) is 26.2 Å². The molecule has 0 aliphatic carbocycles. The maximum Gasteiger partial charge on any atom is 0.322 e. The van der Waals surface area contributed by atoms with E-state index < -0.39 is 79.7 Å². The van der Waals surface area contributed by atoms with E-state index >= 15 is 0 Å². The molecule has 0 saturated carbocycles. The van der Waals surface area contributed by atoms with Crippen LogP contribution in [0.4, 0.5) is 0 Å². The summed E-state index contributed by atoms with van der Waals surface area (Å²) >= 11 is 0. The number of guanidine groups is 2. The molecule has 17 N–H and O–H groups in total. The highest BCUT2D eigenvalue weighted by Gasteiger charge is 2.24. The SMILES string of the molecule is NCC(=O)NCC(=O)N[C@@H](CCCN=C(N)N)C(=O)NCC(=O)N[C@@H](CCCN=C(N)N)C(=O)NCC(=O)NCC(=O)O. The quantitative estimate of drug-likeness (QED) is 0.0324. The van der Waals surface area contributed by atoms with E-state index in [1.807, 2.05) is 0 Å². The molecule has 0 aromatic rings. The maximum absolute atomic E-state index is 12.8. The van der Waals surface area contributed by atoms with Crippen LogP contribution in [0.3, 0.4) is 0 Å². The summed E-state index contributed by atoms with van der Waals surface area (Å²) in [5, 5.41) is 22.4. The number of hydrogen-bond acceptors (Lipinski definition) is 10. The average Bonchev–Trinajstić information content (AvgIpc) is 2.94. The van der Waals surface area contributed by atoms with E-state index in [0.29, 0.717) is 0 Å². The van der Waals surface area contributed by atoms with E-state index in [9.17, 15) is 33.6 Å². The number of aliphatic carboxylic acids is 1. The van der Waals surface area contributed by atoms with Crippen molar-refractivity contribution in [3.8, 4) is 0 Å². The van der Waals surface area contributed by atoms with Crippen LogP contribution in [-0.2, 0) is 33.6 Å². The van der Waals surface area contributed by atoms with Crippen molar-refractivity contribution in [2.24, 2.45) is 38.7 Å². The van der Waals surface area contributed by atoms with Crippen LogP contribution >= 0.6 is 0 Å². The second kappa shape index (κ2) is 21.5. The van der Waals surface area contributed by atoms with Crippen LogP contribution in [0.5, 0.6) is 0 Å². The molecule has 0 aromatic heterocycles. The summed E-state index contributed by atoms with van der Waals surface area (Å²) < 4.78 is 0. The zero-order valence-corrected chi connectivity index (χ0v) is 23.5. The summed E-state index contributed by atoms with van der Waals surface area (Å²) in [6.45, 7) is -2.31. The number of carboxylic acid groups (broad SMARTS) is 1. The number of carboxylic acids is 1. The Hall–Kier alpha value is -5.21. The molecule has 0 spiro atoms. The molecule has 0 aliphatic heterocycles. The van der Waals surface area contributed by atoms with Crippen molar-refractivity contribution >= 4 is 53.3 Å². The summed E-state index contributed by atoms with van der Waals surface area (Å²) in [4.78, 5) is 91.4. The number of nitrogens with zero attached hydrogens (tertiary/aromatic N) is 2. The molecular formula is C22H41N13O8. The first kappa shape index (κ1) is 37.8. The third-order valence-electron chi connectivity index (χ3n) is 5.11. The Bertz CT molecular complexity index is 1040. The number of hydrogen-bond donors (Lipinski definition) is 12. The van der Waals surface area contributed by atoms with Gasteiger partial charge < -0.3 is 65.7 Å². The van der Waals surface area contributed by atoms with Gasteiger partial charge in [-0.3, -0.25) is 43.5 Å². The van der Waals surface area contributed by atoms with Gasteiger partial charge in [0.15, 0.2) is 11.9 Å². The molecular weight excluding hydrogens is 574 g/mol. The lowest BCUT2D eigenvalue weighted by atomic mass is 10.1. The number of nitrogens with two attached hydrogens (primary N) is 5. The van der Waals surface area contributed by atoms with Gasteiger partial charge in [0.25, 0.3) is 0 Å². The van der Waals surface area contributed by atoms with Crippen molar-refractivity contribution < 1.29 is 38.7 Å². The highest BCUT2D eigenvalue weighted by atomic mass is 16.4. The largest absolute Gasteiger partial charge is 0.480 e. The first-order valence-corrected chi connectivity index (χ1v) is 12.9. The van der Waals surface area contributed by atoms with Gasteiger partial charge in [-0.25, -0.2) is 0 Å².